The second kappa shape index (κ2) is 6.42. The summed E-state index contributed by atoms with van der Waals surface area (Å²) in [6, 6.07) is 1.28. The van der Waals surface area contributed by atoms with Gasteiger partial charge < -0.3 is 5.32 Å². The molecule has 0 saturated carbocycles. The lowest BCUT2D eigenvalue weighted by Crippen LogP contribution is -2.60. The van der Waals surface area contributed by atoms with E-state index in [0.29, 0.717) is 17.5 Å². The van der Waals surface area contributed by atoms with Gasteiger partial charge in [-0.1, -0.05) is 27.7 Å². The highest BCUT2D eigenvalue weighted by molar-refractivity contribution is 4.97. The molecule has 1 saturated heterocycles. The van der Waals surface area contributed by atoms with Gasteiger partial charge in [-0.2, -0.15) is 0 Å². The van der Waals surface area contributed by atoms with Crippen molar-refractivity contribution in [2.45, 2.75) is 59.5 Å². The van der Waals surface area contributed by atoms with Gasteiger partial charge in [0.25, 0.3) is 0 Å². The van der Waals surface area contributed by atoms with Crippen LogP contribution in [0.15, 0.2) is 0 Å². The van der Waals surface area contributed by atoms with Crippen LogP contribution in [0.5, 0.6) is 0 Å². The third kappa shape index (κ3) is 4.33. The van der Waals surface area contributed by atoms with Crippen molar-refractivity contribution in [1.82, 2.24) is 10.2 Å². The summed E-state index contributed by atoms with van der Waals surface area (Å²) in [5, 5.41) is 3.70. The minimum atomic E-state index is 0.341. The average Bonchev–Trinajstić information content (AvgIpc) is 2.28. The Morgan fingerprint density at radius 3 is 2.59 bits per heavy atom. The maximum Gasteiger partial charge on any atom is 0.0244 e. The molecule has 0 aromatic carbocycles. The Balaban J connectivity index is 2.57. The third-order valence-electron chi connectivity index (χ3n) is 3.75. The average molecular weight is 236 g/mol. The number of hydrogen-bond acceptors (Lipinski definition) is 2. The second-order valence-electron chi connectivity index (χ2n) is 6.06. The van der Waals surface area contributed by atoms with Gasteiger partial charge in [0.05, 0.1) is 0 Å². The first-order valence-corrected chi connectivity index (χ1v) is 6.86. The van der Waals surface area contributed by atoms with E-state index < -0.39 is 0 Å². The summed E-state index contributed by atoms with van der Waals surface area (Å²) < 4.78 is 0. The summed E-state index contributed by atoms with van der Waals surface area (Å²) in [6.45, 7) is 14.6. The van der Waals surface area contributed by atoms with Crippen molar-refractivity contribution in [3.05, 3.63) is 0 Å². The van der Waals surface area contributed by atoms with Gasteiger partial charge in [0, 0.05) is 38.1 Å². The highest BCUT2D eigenvalue weighted by Gasteiger charge is 2.32. The summed E-state index contributed by atoms with van der Waals surface area (Å²) in [4.78, 5) is 2.62. The third-order valence-corrected chi connectivity index (χ3v) is 3.75. The van der Waals surface area contributed by atoms with E-state index in [-0.39, 0.29) is 0 Å². The lowest BCUT2D eigenvalue weighted by molar-refractivity contribution is 0.0856. The van der Waals surface area contributed by atoms with Crippen molar-refractivity contribution in [3.8, 4) is 11.8 Å². The van der Waals surface area contributed by atoms with Crippen LogP contribution in [0.4, 0.5) is 0 Å². The van der Waals surface area contributed by atoms with E-state index in [1.54, 1.807) is 0 Å². The Hall–Kier alpha value is -0.520. The first kappa shape index (κ1) is 14.5. The molecule has 98 valence electrons. The molecule has 1 aliphatic rings. The molecule has 1 aliphatic heterocycles. The zero-order valence-electron chi connectivity index (χ0n) is 12.1. The summed E-state index contributed by atoms with van der Waals surface area (Å²) in [6.07, 6.45) is 2.23. The minimum Gasteiger partial charge on any atom is -0.311 e. The fraction of sp³-hybridized carbons (Fsp3) is 0.867. The highest BCUT2D eigenvalue weighted by atomic mass is 15.2. The minimum absolute atomic E-state index is 0.341. The Kier molecular flexibility index (Phi) is 5.49. The first-order valence-electron chi connectivity index (χ1n) is 6.86. The predicted octanol–water partition coefficient (Wildman–Crippen LogP) is 2.50. The van der Waals surface area contributed by atoms with E-state index in [4.69, 9.17) is 0 Å². The molecule has 0 aromatic heterocycles. The standard InChI is InChI=1S/C15H28N2/c1-6-8-9-10-17-12-14(15(3,4)5)16-11-13(17)7-2/h13-14,16H,7,9-12H2,1-5H3. The number of nitrogens with one attached hydrogen (secondary N) is 1. The van der Waals surface area contributed by atoms with Gasteiger partial charge in [-0.25, -0.2) is 0 Å². The van der Waals surface area contributed by atoms with Crippen LogP contribution in [0.1, 0.15) is 47.5 Å². The van der Waals surface area contributed by atoms with E-state index in [9.17, 15) is 0 Å². The van der Waals surface area contributed by atoms with Gasteiger partial charge in [0.15, 0.2) is 0 Å². The van der Waals surface area contributed by atoms with Crippen molar-refractivity contribution in [2.75, 3.05) is 19.6 Å². The second-order valence-corrected chi connectivity index (χ2v) is 6.06. The molecule has 0 spiro atoms. The van der Waals surface area contributed by atoms with Crippen molar-refractivity contribution in [3.63, 3.8) is 0 Å². The van der Waals surface area contributed by atoms with Crippen LogP contribution in [-0.4, -0.2) is 36.6 Å². The van der Waals surface area contributed by atoms with Crippen LogP contribution in [-0.2, 0) is 0 Å². The molecule has 1 rings (SSSR count). The fourth-order valence-electron chi connectivity index (χ4n) is 2.44. The molecule has 2 atom stereocenters. The molecule has 2 nitrogen and oxygen atoms in total. The Morgan fingerprint density at radius 2 is 2.06 bits per heavy atom. The number of nitrogens with zero attached hydrogens (tertiary/aromatic N) is 1. The zero-order valence-corrected chi connectivity index (χ0v) is 12.1. The maximum atomic E-state index is 3.70. The zero-order chi connectivity index (χ0) is 12.9. The fourth-order valence-corrected chi connectivity index (χ4v) is 2.44. The molecule has 0 aliphatic carbocycles. The van der Waals surface area contributed by atoms with Crippen LogP contribution in [0.3, 0.4) is 0 Å². The Labute approximate surface area is 107 Å². The van der Waals surface area contributed by atoms with Crippen molar-refractivity contribution < 1.29 is 0 Å². The normalized spacial score (nSPS) is 26.4. The molecule has 0 radical (unpaired) electrons. The molecule has 17 heavy (non-hydrogen) atoms. The van der Waals surface area contributed by atoms with Gasteiger partial charge in [-0.15, -0.1) is 11.8 Å². The van der Waals surface area contributed by atoms with Crippen LogP contribution < -0.4 is 5.32 Å². The lowest BCUT2D eigenvalue weighted by atomic mass is 9.84. The smallest absolute Gasteiger partial charge is 0.0244 e. The van der Waals surface area contributed by atoms with E-state index in [1.807, 2.05) is 6.92 Å². The monoisotopic (exact) mass is 236 g/mol. The number of rotatable bonds is 3. The molecule has 2 unspecified atom stereocenters. The molecular formula is C15H28N2. The number of piperazine rings is 1. The Bertz CT molecular complexity index is 280. The van der Waals surface area contributed by atoms with Gasteiger partial charge >= 0.3 is 0 Å². The van der Waals surface area contributed by atoms with E-state index >= 15 is 0 Å². The molecule has 1 heterocycles. The van der Waals surface area contributed by atoms with E-state index in [1.165, 1.54) is 6.42 Å². The van der Waals surface area contributed by atoms with Crippen molar-refractivity contribution >= 4 is 0 Å². The van der Waals surface area contributed by atoms with Crippen LogP contribution in [0.2, 0.25) is 0 Å². The van der Waals surface area contributed by atoms with Crippen LogP contribution in [0.25, 0.3) is 0 Å². The van der Waals surface area contributed by atoms with Gasteiger partial charge in [0.1, 0.15) is 0 Å². The highest BCUT2D eigenvalue weighted by Crippen LogP contribution is 2.24. The van der Waals surface area contributed by atoms with Crippen LogP contribution >= 0.6 is 0 Å². The first-order chi connectivity index (χ1) is 7.99. The molecule has 0 bridgehead atoms. The van der Waals surface area contributed by atoms with Crippen molar-refractivity contribution in [1.29, 1.82) is 0 Å². The van der Waals surface area contributed by atoms with Gasteiger partial charge in [0.2, 0.25) is 0 Å². The molecule has 1 fully saturated rings. The quantitative estimate of drug-likeness (QED) is 0.757. The lowest BCUT2D eigenvalue weighted by Gasteiger charge is -2.44. The van der Waals surface area contributed by atoms with Crippen molar-refractivity contribution in [2.24, 2.45) is 5.41 Å². The number of hydrogen-bond donors (Lipinski definition) is 1. The molecule has 0 aromatic rings. The summed E-state index contributed by atoms with van der Waals surface area (Å²) >= 11 is 0. The van der Waals surface area contributed by atoms with Crippen LogP contribution in [0, 0.1) is 17.3 Å². The summed E-state index contributed by atoms with van der Waals surface area (Å²) in [5.41, 5.74) is 0.341. The Morgan fingerprint density at radius 1 is 1.35 bits per heavy atom. The van der Waals surface area contributed by atoms with E-state index in [2.05, 4.69) is 49.8 Å². The maximum absolute atomic E-state index is 3.70. The molecule has 1 N–H and O–H groups in total. The molecular weight excluding hydrogens is 208 g/mol. The summed E-state index contributed by atoms with van der Waals surface area (Å²) in [5.74, 6) is 6.17. The van der Waals surface area contributed by atoms with Gasteiger partial charge in [-0.3, -0.25) is 4.90 Å². The molecule has 2 heteroatoms. The molecule has 0 amide bonds. The predicted molar refractivity (Wildman–Crippen MR) is 75.0 cm³/mol. The SMILES string of the molecule is CC#CCCN1CC(C(C)(C)C)NCC1CC. The summed E-state index contributed by atoms with van der Waals surface area (Å²) in [7, 11) is 0. The van der Waals surface area contributed by atoms with E-state index in [0.717, 1.165) is 26.1 Å². The topological polar surface area (TPSA) is 15.3 Å². The van der Waals surface area contributed by atoms with Gasteiger partial charge in [-0.05, 0) is 18.8 Å². The largest absolute Gasteiger partial charge is 0.311 e.